The first-order chi connectivity index (χ1) is 8.90. The summed E-state index contributed by atoms with van der Waals surface area (Å²) in [6.07, 6.45) is -0.211. The van der Waals surface area contributed by atoms with Crippen LogP contribution < -0.4 is 0 Å². The summed E-state index contributed by atoms with van der Waals surface area (Å²) < 4.78 is 22.6. The Morgan fingerprint density at radius 2 is 1.53 bits per heavy atom. The number of aryl methyl sites for hydroxylation is 2. The van der Waals surface area contributed by atoms with Crippen molar-refractivity contribution in [3.8, 4) is 0 Å². The lowest BCUT2D eigenvalue weighted by molar-refractivity contribution is 0.100. The average Bonchev–Trinajstić information content (AvgIpc) is 2.27. The molecule has 0 aliphatic heterocycles. The molecule has 0 bridgehead atoms. The number of hydrogen-bond acceptors (Lipinski definition) is 4. The van der Waals surface area contributed by atoms with E-state index in [0.717, 1.165) is 11.1 Å². The highest BCUT2D eigenvalue weighted by Crippen LogP contribution is 2.48. The summed E-state index contributed by atoms with van der Waals surface area (Å²) >= 11 is 0. The molecule has 4 nitrogen and oxygen atoms in total. The van der Waals surface area contributed by atoms with Crippen LogP contribution in [-0.4, -0.2) is 25.2 Å². The van der Waals surface area contributed by atoms with Crippen LogP contribution in [0.2, 0.25) is 0 Å². The number of Topliss-reactive ketones (excluding diaryl/α,β-unsaturated/α-hetero) is 1. The van der Waals surface area contributed by atoms with E-state index >= 15 is 0 Å². The fourth-order valence-electron chi connectivity index (χ4n) is 1.92. The maximum atomic E-state index is 12.3. The molecule has 5 heteroatoms. The van der Waals surface area contributed by atoms with E-state index in [9.17, 15) is 9.36 Å². The number of carbonyl (C=O) groups is 1. The third kappa shape index (κ3) is 4.90. The lowest BCUT2D eigenvalue weighted by Crippen LogP contribution is -2.10. The molecule has 0 atom stereocenters. The number of rotatable bonds is 7. The maximum Gasteiger partial charge on any atom is 0.338 e. The summed E-state index contributed by atoms with van der Waals surface area (Å²) in [6.45, 7) is 7.83. The zero-order valence-electron chi connectivity index (χ0n) is 11.9. The predicted octanol–water partition coefficient (Wildman–Crippen LogP) is 3.75. The van der Waals surface area contributed by atoms with Crippen molar-refractivity contribution in [2.75, 3.05) is 19.4 Å². The van der Waals surface area contributed by atoms with Gasteiger partial charge >= 0.3 is 7.60 Å². The lowest BCUT2D eigenvalue weighted by Gasteiger charge is -2.16. The molecule has 0 radical (unpaired) electrons. The van der Waals surface area contributed by atoms with E-state index in [1.54, 1.807) is 26.0 Å². The zero-order chi connectivity index (χ0) is 14.5. The van der Waals surface area contributed by atoms with Gasteiger partial charge in [0.05, 0.1) is 13.2 Å². The molecule has 1 aromatic rings. The molecule has 0 N–H and O–H groups in total. The summed E-state index contributed by atoms with van der Waals surface area (Å²) in [7, 11) is -3.32. The zero-order valence-corrected chi connectivity index (χ0v) is 12.8. The topological polar surface area (TPSA) is 52.6 Å². The molecule has 0 saturated heterocycles. The molecule has 106 valence electrons. The third-order valence-corrected chi connectivity index (χ3v) is 4.51. The quantitative estimate of drug-likeness (QED) is 0.565. The van der Waals surface area contributed by atoms with Gasteiger partial charge in [-0.05, 0) is 39.8 Å². The fraction of sp³-hybridized carbons (Fsp3) is 0.500. The Kier molecular flexibility index (Phi) is 5.92. The van der Waals surface area contributed by atoms with Crippen molar-refractivity contribution in [3.05, 3.63) is 34.9 Å². The van der Waals surface area contributed by atoms with E-state index in [0.29, 0.717) is 5.56 Å². The van der Waals surface area contributed by atoms with Crippen LogP contribution in [0.5, 0.6) is 0 Å². The van der Waals surface area contributed by atoms with Gasteiger partial charge in [-0.25, -0.2) is 0 Å². The molecule has 0 aliphatic rings. The number of ketones is 1. The van der Waals surface area contributed by atoms with Gasteiger partial charge in [0.15, 0.2) is 5.78 Å². The van der Waals surface area contributed by atoms with E-state index in [-0.39, 0.29) is 25.2 Å². The Balaban J connectivity index is 2.90. The highest BCUT2D eigenvalue weighted by atomic mass is 31.2. The van der Waals surface area contributed by atoms with Crippen LogP contribution in [0.1, 0.15) is 35.3 Å². The molecule has 1 aromatic carbocycles. The smallest absolute Gasteiger partial charge is 0.309 e. The van der Waals surface area contributed by atoms with Crippen molar-refractivity contribution in [1.82, 2.24) is 0 Å². The standard InChI is InChI=1S/C14H21O4P/c1-5-17-19(16,18-6-2)10-14(15)13-8-11(3)7-12(4)9-13/h7-9H,5-6,10H2,1-4H3. The van der Waals surface area contributed by atoms with Crippen LogP contribution in [0, 0.1) is 13.8 Å². The number of benzene rings is 1. The van der Waals surface area contributed by atoms with Gasteiger partial charge in [0.25, 0.3) is 0 Å². The number of hydrogen-bond donors (Lipinski definition) is 0. The average molecular weight is 284 g/mol. The molecule has 19 heavy (non-hydrogen) atoms. The Morgan fingerprint density at radius 3 is 1.95 bits per heavy atom. The second-order valence-corrected chi connectivity index (χ2v) is 6.46. The highest BCUT2D eigenvalue weighted by Gasteiger charge is 2.28. The minimum absolute atomic E-state index is 0.211. The Bertz CT molecular complexity index is 466. The Hall–Kier alpha value is -0.960. The Morgan fingerprint density at radius 1 is 1.05 bits per heavy atom. The van der Waals surface area contributed by atoms with Crippen LogP contribution in [0.4, 0.5) is 0 Å². The second-order valence-electron chi connectivity index (χ2n) is 4.40. The summed E-state index contributed by atoms with van der Waals surface area (Å²) in [5.41, 5.74) is 2.56. The third-order valence-electron chi connectivity index (χ3n) is 2.53. The van der Waals surface area contributed by atoms with Gasteiger partial charge in [-0.15, -0.1) is 0 Å². The van der Waals surface area contributed by atoms with E-state index in [2.05, 4.69) is 0 Å². The normalized spacial score (nSPS) is 11.6. The molecule has 1 rings (SSSR count). The van der Waals surface area contributed by atoms with E-state index in [4.69, 9.17) is 9.05 Å². The van der Waals surface area contributed by atoms with Gasteiger partial charge in [-0.2, -0.15) is 0 Å². The molecule has 0 heterocycles. The largest absolute Gasteiger partial charge is 0.338 e. The van der Waals surface area contributed by atoms with Crippen molar-refractivity contribution >= 4 is 13.4 Å². The molecule has 0 aromatic heterocycles. The molecular formula is C14H21O4P. The van der Waals surface area contributed by atoms with Crippen LogP contribution >= 0.6 is 7.60 Å². The summed E-state index contributed by atoms with van der Waals surface area (Å²) in [5, 5.41) is 0. The molecule has 0 amide bonds. The lowest BCUT2D eigenvalue weighted by atomic mass is 10.1. The van der Waals surface area contributed by atoms with Crippen LogP contribution in [0.15, 0.2) is 18.2 Å². The van der Waals surface area contributed by atoms with Crippen molar-refractivity contribution in [1.29, 1.82) is 0 Å². The monoisotopic (exact) mass is 284 g/mol. The van der Waals surface area contributed by atoms with Gasteiger partial charge in [0.2, 0.25) is 0 Å². The molecule has 0 fully saturated rings. The molecule has 0 unspecified atom stereocenters. The highest BCUT2D eigenvalue weighted by molar-refractivity contribution is 7.54. The van der Waals surface area contributed by atoms with Gasteiger partial charge < -0.3 is 9.05 Å². The summed E-state index contributed by atoms with van der Waals surface area (Å²) in [5.74, 6) is -0.211. The Labute approximate surface area is 114 Å². The predicted molar refractivity (Wildman–Crippen MR) is 76.0 cm³/mol. The van der Waals surface area contributed by atoms with Gasteiger partial charge in [-0.3, -0.25) is 9.36 Å². The van der Waals surface area contributed by atoms with E-state index < -0.39 is 7.60 Å². The van der Waals surface area contributed by atoms with Gasteiger partial charge in [0, 0.05) is 5.56 Å². The summed E-state index contributed by atoms with van der Waals surface area (Å²) in [6, 6.07) is 5.57. The van der Waals surface area contributed by atoms with E-state index in [1.807, 2.05) is 19.9 Å². The first-order valence-electron chi connectivity index (χ1n) is 6.40. The van der Waals surface area contributed by atoms with Gasteiger partial charge in [0.1, 0.15) is 6.16 Å². The minimum atomic E-state index is -3.32. The SMILES string of the molecule is CCOP(=O)(CC(=O)c1cc(C)cc(C)c1)OCC. The van der Waals surface area contributed by atoms with Crippen LogP contribution in [0.25, 0.3) is 0 Å². The number of carbonyl (C=O) groups excluding carboxylic acids is 1. The first kappa shape index (κ1) is 16.1. The van der Waals surface area contributed by atoms with Crippen molar-refractivity contribution < 1.29 is 18.4 Å². The van der Waals surface area contributed by atoms with Crippen LogP contribution in [0.3, 0.4) is 0 Å². The van der Waals surface area contributed by atoms with Gasteiger partial charge in [-0.1, -0.05) is 17.2 Å². The van der Waals surface area contributed by atoms with Crippen molar-refractivity contribution in [2.45, 2.75) is 27.7 Å². The molecule has 0 spiro atoms. The molecule has 0 aliphatic carbocycles. The summed E-state index contributed by atoms with van der Waals surface area (Å²) in [4.78, 5) is 12.2. The molecular weight excluding hydrogens is 263 g/mol. The van der Waals surface area contributed by atoms with Crippen LogP contribution in [-0.2, 0) is 13.6 Å². The fourth-order valence-corrected chi connectivity index (χ4v) is 3.50. The van der Waals surface area contributed by atoms with Crippen molar-refractivity contribution in [3.63, 3.8) is 0 Å². The second kappa shape index (κ2) is 6.99. The molecule has 0 saturated carbocycles. The first-order valence-corrected chi connectivity index (χ1v) is 8.12. The van der Waals surface area contributed by atoms with Crippen molar-refractivity contribution in [2.24, 2.45) is 0 Å². The maximum absolute atomic E-state index is 12.3. The van der Waals surface area contributed by atoms with E-state index in [1.165, 1.54) is 0 Å². The minimum Gasteiger partial charge on any atom is -0.309 e.